The van der Waals surface area contributed by atoms with Crippen molar-refractivity contribution in [2.45, 2.75) is 31.9 Å². The summed E-state index contributed by atoms with van der Waals surface area (Å²) >= 11 is 1.70. The molecule has 1 N–H and O–H groups in total. The van der Waals surface area contributed by atoms with Gasteiger partial charge in [0.15, 0.2) is 0 Å². The van der Waals surface area contributed by atoms with Gasteiger partial charge >= 0.3 is 11.9 Å². The number of esters is 1. The first-order valence-corrected chi connectivity index (χ1v) is 6.63. The summed E-state index contributed by atoms with van der Waals surface area (Å²) in [6.07, 6.45) is 1.69. The number of carbonyl (C=O) groups is 2. The summed E-state index contributed by atoms with van der Waals surface area (Å²) in [5.74, 6) is -1.43. The van der Waals surface area contributed by atoms with Crippen molar-refractivity contribution < 1.29 is 19.4 Å². The second-order valence-electron chi connectivity index (χ2n) is 3.90. The molecular weight excluding hydrogens is 240 g/mol. The average Bonchev–Trinajstić information content (AvgIpc) is 2.23. The fraction of sp³-hybridized carbons (Fsp3) is 0.667. The predicted octanol–water partition coefficient (Wildman–Crippen LogP) is 2.34. The smallest absolute Gasteiger partial charge is 0.307 e. The van der Waals surface area contributed by atoms with E-state index in [9.17, 15) is 9.59 Å². The lowest BCUT2D eigenvalue weighted by Gasteiger charge is -2.10. The lowest BCUT2D eigenvalue weighted by atomic mass is 10.0. The van der Waals surface area contributed by atoms with Gasteiger partial charge in [-0.25, -0.2) is 0 Å². The monoisotopic (exact) mass is 260 g/mol. The summed E-state index contributed by atoms with van der Waals surface area (Å²) in [7, 11) is 0. The molecule has 5 heteroatoms. The van der Waals surface area contributed by atoms with Crippen molar-refractivity contribution >= 4 is 23.7 Å². The molecule has 0 spiro atoms. The van der Waals surface area contributed by atoms with Gasteiger partial charge in [-0.15, -0.1) is 6.58 Å². The highest BCUT2D eigenvalue weighted by Crippen LogP contribution is 2.12. The van der Waals surface area contributed by atoms with Gasteiger partial charge in [0.1, 0.15) is 6.61 Å². The number of aliphatic carboxylic acids is 1. The molecule has 0 saturated carbocycles. The maximum atomic E-state index is 11.3. The van der Waals surface area contributed by atoms with Gasteiger partial charge in [-0.1, -0.05) is 19.9 Å². The lowest BCUT2D eigenvalue weighted by molar-refractivity contribution is -0.151. The van der Waals surface area contributed by atoms with Crippen molar-refractivity contribution in [3.05, 3.63) is 12.7 Å². The Labute approximate surface area is 106 Å². The topological polar surface area (TPSA) is 63.6 Å². The van der Waals surface area contributed by atoms with E-state index in [1.165, 1.54) is 6.08 Å². The molecule has 0 saturated heterocycles. The molecule has 17 heavy (non-hydrogen) atoms. The normalized spacial score (nSPS) is 12.2. The molecule has 0 aromatic rings. The minimum atomic E-state index is -0.988. The standard InChI is InChI=1S/C12H20O4S/c1-4-5-10(12(14)15)8-11(13)16-6-7-17-9(2)3/h4,9-10H,1,5-8H2,2-3H3,(H,14,15). The van der Waals surface area contributed by atoms with Gasteiger partial charge in [0.25, 0.3) is 0 Å². The van der Waals surface area contributed by atoms with E-state index in [1.807, 2.05) is 0 Å². The SMILES string of the molecule is C=CCC(CC(=O)OCCSC(C)C)C(=O)O. The molecule has 0 bridgehead atoms. The van der Waals surface area contributed by atoms with Gasteiger partial charge in [-0.05, 0) is 11.7 Å². The lowest BCUT2D eigenvalue weighted by Crippen LogP contribution is -2.19. The second kappa shape index (κ2) is 9.10. The van der Waals surface area contributed by atoms with Crippen LogP contribution in [-0.4, -0.2) is 34.7 Å². The summed E-state index contributed by atoms with van der Waals surface area (Å²) in [5.41, 5.74) is 0. The molecule has 1 atom stereocenters. The van der Waals surface area contributed by atoms with E-state index in [4.69, 9.17) is 9.84 Å². The molecule has 4 nitrogen and oxygen atoms in total. The highest BCUT2D eigenvalue weighted by molar-refractivity contribution is 7.99. The molecule has 0 aliphatic heterocycles. The largest absolute Gasteiger partial charge is 0.481 e. The molecule has 1 unspecified atom stereocenters. The zero-order chi connectivity index (χ0) is 13.3. The van der Waals surface area contributed by atoms with E-state index in [-0.39, 0.29) is 12.8 Å². The average molecular weight is 260 g/mol. The van der Waals surface area contributed by atoms with Gasteiger partial charge in [-0.2, -0.15) is 11.8 Å². The fourth-order valence-corrected chi connectivity index (χ4v) is 1.82. The Morgan fingerprint density at radius 2 is 2.12 bits per heavy atom. The van der Waals surface area contributed by atoms with E-state index in [1.54, 1.807) is 11.8 Å². The maximum Gasteiger partial charge on any atom is 0.307 e. The summed E-state index contributed by atoms with van der Waals surface area (Å²) < 4.78 is 4.96. The number of hydrogen-bond acceptors (Lipinski definition) is 4. The van der Waals surface area contributed by atoms with E-state index < -0.39 is 17.9 Å². The van der Waals surface area contributed by atoms with Crippen LogP contribution < -0.4 is 0 Å². The third-order valence-corrected chi connectivity index (χ3v) is 3.08. The highest BCUT2D eigenvalue weighted by Gasteiger charge is 2.20. The first kappa shape index (κ1) is 16.0. The maximum absolute atomic E-state index is 11.3. The number of carbonyl (C=O) groups excluding carboxylic acids is 1. The van der Waals surface area contributed by atoms with Crippen LogP contribution in [-0.2, 0) is 14.3 Å². The Morgan fingerprint density at radius 1 is 1.47 bits per heavy atom. The molecule has 0 radical (unpaired) electrons. The fourth-order valence-electron chi connectivity index (χ4n) is 1.17. The molecule has 0 amide bonds. The van der Waals surface area contributed by atoms with Crippen molar-refractivity contribution in [2.75, 3.05) is 12.4 Å². The number of hydrogen-bond donors (Lipinski definition) is 1. The van der Waals surface area contributed by atoms with Gasteiger partial charge in [0.05, 0.1) is 12.3 Å². The molecule has 0 fully saturated rings. The molecule has 0 aromatic carbocycles. The Hall–Kier alpha value is -0.970. The predicted molar refractivity (Wildman–Crippen MR) is 69.1 cm³/mol. The van der Waals surface area contributed by atoms with Gasteiger partial charge < -0.3 is 9.84 Å². The zero-order valence-electron chi connectivity index (χ0n) is 10.3. The van der Waals surface area contributed by atoms with Gasteiger partial charge in [0, 0.05) is 5.75 Å². The van der Waals surface area contributed by atoms with Crippen LogP contribution in [0.1, 0.15) is 26.7 Å². The Bertz CT molecular complexity index is 263. The van der Waals surface area contributed by atoms with Crippen molar-refractivity contribution in [3.63, 3.8) is 0 Å². The summed E-state index contributed by atoms with van der Waals surface area (Å²) in [4.78, 5) is 22.1. The summed E-state index contributed by atoms with van der Waals surface area (Å²) in [6, 6.07) is 0. The molecule has 98 valence electrons. The third-order valence-electron chi connectivity index (χ3n) is 2.01. The second-order valence-corrected chi connectivity index (χ2v) is 5.59. The van der Waals surface area contributed by atoms with Crippen LogP contribution in [0, 0.1) is 5.92 Å². The Kier molecular flexibility index (Phi) is 8.58. The Balaban J connectivity index is 3.82. The van der Waals surface area contributed by atoms with Crippen LogP contribution in [0.5, 0.6) is 0 Å². The van der Waals surface area contributed by atoms with Crippen LogP contribution in [0.2, 0.25) is 0 Å². The zero-order valence-corrected chi connectivity index (χ0v) is 11.2. The number of carboxylic acids is 1. The van der Waals surface area contributed by atoms with Crippen LogP contribution in [0.4, 0.5) is 0 Å². The highest BCUT2D eigenvalue weighted by atomic mass is 32.2. The van der Waals surface area contributed by atoms with Crippen molar-refractivity contribution in [1.82, 2.24) is 0 Å². The summed E-state index contributed by atoms with van der Waals surface area (Å²) in [6.45, 7) is 7.93. The minimum Gasteiger partial charge on any atom is -0.481 e. The number of ether oxygens (including phenoxy) is 1. The molecule has 0 aliphatic carbocycles. The number of thioether (sulfide) groups is 1. The third kappa shape index (κ3) is 8.80. The van der Waals surface area contributed by atoms with Gasteiger partial charge in [0.2, 0.25) is 0 Å². The first-order chi connectivity index (χ1) is 7.97. The molecule has 0 aromatic heterocycles. The van der Waals surface area contributed by atoms with Crippen molar-refractivity contribution in [2.24, 2.45) is 5.92 Å². The van der Waals surface area contributed by atoms with E-state index in [0.29, 0.717) is 11.9 Å². The van der Waals surface area contributed by atoms with Crippen molar-refractivity contribution in [3.8, 4) is 0 Å². The van der Waals surface area contributed by atoms with Crippen LogP contribution in [0.25, 0.3) is 0 Å². The molecule has 0 aliphatic rings. The number of allylic oxidation sites excluding steroid dienone is 1. The Morgan fingerprint density at radius 3 is 2.59 bits per heavy atom. The number of carboxylic acid groups (broad SMARTS) is 1. The molecular formula is C12H20O4S. The number of rotatable bonds is 9. The quantitative estimate of drug-likeness (QED) is 0.391. The van der Waals surface area contributed by atoms with Crippen LogP contribution in [0.3, 0.4) is 0 Å². The molecule has 0 heterocycles. The van der Waals surface area contributed by atoms with Gasteiger partial charge in [-0.3, -0.25) is 9.59 Å². The van der Waals surface area contributed by atoms with Crippen molar-refractivity contribution in [1.29, 1.82) is 0 Å². The van der Waals surface area contributed by atoms with E-state index >= 15 is 0 Å². The molecule has 0 rings (SSSR count). The summed E-state index contributed by atoms with van der Waals surface area (Å²) in [5, 5.41) is 9.34. The van der Waals surface area contributed by atoms with E-state index in [2.05, 4.69) is 20.4 Å². The van der Waals surface area contributed by atoms with Crippen LogP contribution in [0.15, 0.2) is 12.7 Å². The minimum absolute atomic E-state index is 0.0896. The van der Waals surface area contributed by atoms with E-state index in [0.717, 1.165) is 5.75 Å². The van der Waals surface area contributed by atoms with Crippen LogP contribution >= 0.6 is 11.8 Å². The first-order valence-electron chi connectivity index (χ1n) is 5.58.